The quantitative estimate of drug-likeness (QED) is 0.553. The van der Waals surface area contributed by atoms with Crippen LogP contribution in [0.1, 0.15) is 45.1 Å². The molecule has 2 N–H and O–H groups in total. The fourth-order valence-electron chi connectivity index (χ4n) is 4.21. The lowest BCUT2D eigenvalue weighted by Gasteiger charge is -2.24. The first-order valence-electron chi connectivity index (χ1n) is 9.85. The molecule has 2 aromatic carbocycles. The van der Waals surface area contributed by atoms with Gasteiger partial charge in [-0.15, -0.1) is 0 Å². The number of ketones is 1. The maximum atomic E-state index is 12.9. The van der Waals surface area contributed by atoms with Gasteiger partial charge in [0, 0.05) is 6.42 Å². The molecule has 0 spiro atoms. The summed E-state index contributed by atoms with van der Waals surface area (Å²) in [6.45, 7) is 4.17. The average molecular weight is 382 g/mol. The van der Waals surface area contributed by atoms with E-state index in [0.29, 0.717) is 29.7 Å². The van der Waals surface area contributed by atoms with Crippen LogP contribution in [-0.2, 0) is 6.42 Å². The largest absolute Gasteiger partial charge is 0.397 e. The molecule has 5 rings (SSSR count). The van der Waals surface area contributed by atoms with E-state index in [1.54, 1.807) is 6.20 Å². The molecule has 5 nitrogen and oxygen atoms in total. The summed E-state index contributed by atoms with van der Waals surface area (Å²) in [4.78, 5) is 17.8. The van der Waals surface area contributed by atoms with E-state index in [2.05, 4.69) is 43.2 Å². The van der Waals surface area contributed by atoms with Crippen molar-refractivity contribution in [3.63, 3.8) is 0 Å². The number of fused-ring (bicyclic) bond motifs is 2. The summed E-state index contributed by atoms with van der Waals surface area (Å²) in [5.41, 5.74) is 13.5. The molecule has 2 heterocycles. The first-order valence-corrected chi connectivity index (χ1v) is 9.85. The zero-order valence-corrected chi connectivity index (χ0v) is 16.5. The highest BCUT2D eigenvalue weighted by Gasteiger charge is 2.31. The third kappa shape index (κ3) is 2.81. The van der Waals surface area contributed by atoms with Crippen LogP contribution < -0.4 is 5.73 Å². The molecule has 29 heavy (non-hydrogen) atoms. The minimum absolute atomic E-state index is 0.0610. The molecule has 0 radical (unpaired) electrons. The van der Waals surface area contributed by atoms with E-state index in [9.17, 15) is 4.79 Å². The molecule has 5 heteroatoms. The van der Waals surface area contributed by atoms with Crippen LogP contribution in [0.3, 0.4) is 0 Å². The van der Waals surface area contributed by atoms with Crippen molar-refractivity contribution in [2.75, 3.05) is 5.73 Å². The first-order chi connectivity index (χ1) is 14.0. The Kier molecular flexibility index (Phi) is 3.98. The van der Waals surface area contributed by atoms with Crippen molar-refractivity contribution in [1.82, 2.24) is 14.8 Å². The van der Waals surface area contributed by atoms with Crippen LogP contribution >= 0.6 is 0 Å². The van der Waals surface area contributed by atoms with Crippen molar-refractivity contribution in [3.8, 4) is 5.69 Å². The first kappa shape index (κ1) is 17.6. The van der Waals surface area contributed by atoms with Gasteiger partial charge in [-0.2, -0.15) is 5.10 Å². The number of benzene rings is 2. The second-order valence-corrected chi connectivity index (χ2v) is 7.85. The minimum Gasteiger partial charge on any atom is -0.397 e. The number of rotatable bonds is 2. The summed E-state index contributed by atoms with van der Waals surface area (Å²) in [7, 11) is 0. The number of hydrogen-bond donors (Lipinski definition) is 1. The molecule has 0 amide bonds. The number of aromatic nitrogens is 3. The third-order valence-corrected chi connectivity index (χ3v) is 5.99. The summed E-state index contributed by atoms with van der Waals surface area (Å²) in [5.74, 6) is 0.185. The van der Waals surface area contributed by atoms with Crippen LogP contribution in [0, 0.1) is 13.8 Å². The summed E-state index contributed by atoms with van der Waals surface area (Å²) in [6, 6.07) is 16.4. The molecular formula is C24H22N4O. The Labute approximate surface area is 169 Å². The number of aryl methyl sites for hydroxylation is 2. The van der Waals surface area contributed by atoms with Crippen LogP contribution in [-0.4, -0.2) is 20.5 Å². The van der Waals surface area contributed by atoms with Gasteiger partial charge < -0.3 is 5.73 Å². The Hall–Kier alpha value is -3.47. The maximum absolute atomic E-state index is 12.9. The number of anilines is 1. The number of Topliss-reactive ketones (excluding diaryl/α,β-unsaturated/α-hetero) is 1. The van der Waals surface area contributed by atoms with E-state index in [-0.39, 0.29) is 11.7 Å². The number of nitrogens with two attached hydrogens (primary N) is 1. The fraction of sp³-hybridized carbons (Fsp3) is 0.208. The van der Waals surface area contributed by atoms with Gasteiger partial charge in [-0.25, -0.2) is 9.67 Å². The second kappa shape index (κ2) is 6.55. The van der Waals surface area contributed by atoms with Gasteiger partial charge in [0.1, 0.15) is 0 Å². The molecular weight excluding hydrogens is 360 g/mol. The predicted octanol–water partition coefficient (Wildman–Crippen LogP) is 4.53. The Bertz CT molecular complexity index is 1260. The zero-order chi connectivity index (χ0) is 20.1. The van der Waals surface area contributed by atoms with Gasteiger partial charge in [0.05, 0.1) is 34.2 Å². The van der Waals surface area contributed by atoms with E-state index in [1.807, 2.05) is 28.9 Å². The van der Waals surface area contributed by atoms with Crippen LogP contribution in [0.15, 0.2) is 54.7 Å². The molecule has 1 unspecified atom stereocenters. The van der Waals surface area contributed by atoms with E-state index in [4.69, 9.17) is 10.7 Å². The lowest BCUT2D eigenvalue weighted by molar-refractivity contribution is 0.0964. The molecule has 1 aliphatic carbocycles. The topological polar surface area (TPSA) is 73.8 Å². The SMILES string of the molecule is Cc1ccc(-n2ncc3c(N)c4c(nc32)CC(c2ccccc2)CC4=O)cc1C. The number of carbonyl (C=O) groups is 1. The molecule has 1 atom stereocenters. The van der Waals surface area contributed by atoms with Gasteiger partial charge in [-0.3, -0.25) is 4.79 Å². The van der Waals surface area contributed by atoms with Gasteiger partial charge in [0.15, 0.2) is 11.4 Å². The molecule has 1 aliphatic rings. The normalized spacial score (nSPS) is 16.2. The van der Waals surface area contributed by atoms with Gasteiger partial charge in [-0.05, 0) is 55.0 Å². The smallest absolute Gasteiger partial charge is 0.167 e. The lowest BCUT2D eigenvalue weighted by Crippen LogP contribution is -2.22. The molecule has 4 aromatic rings. The Balaban J connectivity index is 1.66. The van der Waals surface area contributed by atoms with Crippen LogP contribution in [0.5, 0.6) is 0 Å². The average Bonchev–Trinajstić information content (AvgIpc) is 3.14. The Morgan fingerprint density at radius 3 is 2.59 bits per heavy atom. The highest BCUT2D eigenvalue weighted by Crippen LogP contribution is 2.37. The summed E-state index contributed by atoms with van der Waals surface area (Å²) in [6.07, 6.45) is 2.87. The second-order valence-electron chi connectivity index (χ2n) is 7.85. The van der Waals surface area contributed by atoms with Crippen molar-refractivity contribution in [2.24, 2.45) is 0 Å². The van der Waals surface area contributed by atoms with Gasteiger partial charge in [0.25, 0.3) is 0 Å². The molecule has 2 aromatic heterocycles. The van der Waals surface area contributed by atoms with E-state index in [1.165, 1.54) is 11.1 Å². The van der Waals surface area contributed by atoms with Crippen LogP contribution in [0.4, 0.5) is 5.69 Å². The molecule has 144 valence electrons. The highest BCUT2D eigenvalue weighted by atomic mass is 16.1. The van der Waals surface area contributed by atoms with Crippen molar-refractivity contribution in [2.45, 2.75) is 32.6 Å². The highest BCUT2D eigenvalue weighted by molar-refractivity contribution is 6.09. The van der Waals surface area contributed by atoms with E-state index in [0.717, 1.165) is 22.3 Å². The monoisotopic (exact) mass is 382 g/mol. The number of carbonyl (C=O) groups excluding carboxylic acids is 1. The maximum Gasteiger partial charge on any atom is 0.167 e. The zero-order valence-electron chi connectivity index (χ0n) is 16.5. The number of hydrogen-bond acceptors (Lipinski definition) is 4. The molecule has 0 aliphatic heterocycles. The van der Waals surface area contributed by atoms with Crippen LogP contribution in [0.2, 0.25) is 0 Å². The summed E-state index contributed by atoms with van der Waals surface area (Å²) in [5, 5.41) is 5.26. The van der Waals surface area contributed by atoms with Crippen molar-refractivity contribution in [3.05, 3.63) is 82.7 Å². The van der Waals surface area contributed by atoms with Crippen molar-refractivity contribution >= 4 is 22.5 Å². The fourth-order valence-corrected chi connectivity index (χ4v) is 4.21. The number of nitrogen functional groups attached to an aromatic ring is 1. The predicted molar refractivity (Wildman–Crippen MR) is 115 cm³/mol. The van der Waals surface area contributed by atoms with Crippen LogP contribution in [0.25, 0.3) is 16.7 Å². The molecule has 0 saturated heterocycles. The number of nitrogens with zero attached hydrogens (tertiary/aromatic N) is 3. The minimum atomic E-state index is 0.0610. The molecule has 0 bridgehead atoms. The molecule has 0 saturated carbocycles. The Morgan fingerprint density at radius 2 is 1.83 bits per heavy atom. The van der Waals surface area contributed by atoms with E-state index < -0.39 is 0 Å². The summed E-state index contributed by atoms with van der Waals surface area (Å²) < 4.78 is 1.81. The summed E-state index contributed by atoms with van der Waals surface area (Å²) >= 11 is 0. The Morgan fingerprint density at radius 1 is 1.03 bits per heavy atom. The van der Waals surface area contributed by atoms with E-state index >= 15 is 0 Å². The van der Waals surface area contributed by atoms with Crippen molar-refractivity contribution in [1.29, 1.82) is 0 Å². The lowest BCUT2D eigenvalue weighted by atomic mass is 9.81. The molecule has 0 fully saturated rings. The van der Waals surface area contributed by atoms with Gasteiger partial charge >= 0.3 is 0 Å². The van der Waals surface area contributed by atoms with Gasteiger partial charge in [-0.1, -0.05) is 36.4 Å². The van der Waals surface area contributed by atoms with Gasteiger partial charge in [0.2, 0.25) is 0 Å². The standard InChI is InChI=1S/C24H22N4O/c1-14-8-9-18(10-15(14)2)28-24-19(13-26-28)23(25)22-20(27-24)11-17(12-21(22)29)16-6-4-3-5-7-16/h3-10,13,17H,11-12H2,1-2H3,(H2,25,27). The third-order valence-electron chi connectivity index (χ3n) is 5.99. The number of pyridine rings is 1. The van der Waals surface area contributed by atoms with Crippen molar-refractivity contribution < 1.29 is 4.79 Å².